The van der Waals surface area contributed by atoms with Crippen molar-refractivity contribution in [3.8, 4) is 0 Å². The molecule has 0 amide bonds. The molecular formula is C22H34N4. The quantitative estimate of drug-likeness (QED) is 0.566. The molecule has 0 atom stereocenters. The molecule has 0 saturated carbocycles. The molecule has 2 rings (SSSR count). The van der Waals surface area contributed by atoms with Crippen LogP contribution in [0.3, 0.4) is 0 Å². The highest BCUT2D eigenvalue weighted by atomic mass is 15.1. The van der Waals surface area contributed by atoms with Crippen LogP contribution in [0.1, 0.15) is 48.5 Å². The summed E-state index contributed by atoms with van der Waals surface area (Å²) in [5.41, 5.74) is 4.53. The van der Waals surface area contributed by atoms with Gasteiger partial charge < -0.3 is 9.80 Å². The summed E-state index contributed by atoms with van der Waals surface area (Å²) in [5.74, 6) is 0. The number of hydrogen-bond acceptors (Lipinski definition) is 4. The SMILES string of the molecule is Cc1cccc(CN(C)CCCCCCN(C)Cc2cccc(C)n2)n1. The van der Waals surface area contributed by atoms with Gasteiger partial charge in [-0.1, -0.05) is 25.0 Å². The van der Waals surface area contributed by atoms with Crippen LogP contribution in [0.2, 0.25) is 0 Å². The molecule has 0 aliphatic rings. The summed E-state index contributed by atoms with van der Waals surface area (Å²) >= 11 is 0. The minimum Gasteiger partial charge on any atom is -0.301 e. The number of nitrogens with zero attached hydrogens (tertiary/aromatic N) is 4. The predicted molar refractivity (Wildman–Crippen MR) is 109 cm³/mol. The highest BCUT2D eigenvalue weighted by Crippen LogP contribution is 2.07. The maximum absolute atomic E-state index is 4.58. The maximum atomic E-state index is 4.58. The highest BCUT2D eigenvalue weighted by molar-refractivity contribution is 5.10. The van der Waals surface area contributed by atoms with E-state index in [1.807, 2.05) is 0 Å². The Morgan fingerprint density at radius 2 is 1.08 bits per heavy atom. The first-order valence-corrected chi connectivity index (χ1v) is 9.75. The lowest BCUT2D eigenvalue weighted by molar-refractivity contribution is 0.299. The number of unbranched alkanes of at least 4 members (excludes halogenated alkanes) is 3. The fourth-order valence-corrected chi connectivity index (χ4v) is 3.20. The zero-order valence-electron chi connectivity index (χ0n) is 16.9. The second-order valence-electron chi connectivity index (χ2n) is 7.43. The van der Waals surface area contributed by atoms with Crippen molar-refractivity contribution in [2.24, 2.45) is 0 Å². The zero-order chi connectivity index (χ0) is 18.8. The topological polar surface area (TPSA) is 32.3 Å². The number of aromatic nitrogens is 2. The van der Waals surface area contributed by atoms with Crippen LogP contribution in [-0.2, 0) is 13.1 Å². The van der Waals surface area contributed by atoms with E-state index in [9.17, 15) is 0 Å². The Kier molecular flexibility index (Phi) is 8.72. The summed E-state index contributed by atoms with van der Waals surface area (Å²) in [7, 11) is 4.37. The van der Waals surface area contributed by atoms with Gasteiger partial charge in [-0.25, -0.2) is 0 Å². The van der Waals surface area contributed by atoms with E-state index in [1.165, 1.54) is 37.1 Å². The molecule has 0 fully saturated rings. The summed E-state index contributed by atoms with van der Waals surface area (Å²) in [4.78, 5) is 13.9. The Hall–Kier alpha value is -1.78. The summed E-state index contributed by atoms with van der Waals surface area (Å²) in [6.45, 7) is 8.25. The van der Waals surface area contributed by atoms with Crippen LogP contribution in [0.25, 0.3) is 0 Å². The summed E-state index contributed by atoms with van der Waals surface area (Å²) in [5, 5.41) is 0. The van der Waals surface area contributed by atoms with Crippen molar-refractivity contribution in [2.75, 3.05) is 27.2 Å². The van der Waals surface area contributed by atoms with Gasteiger partial charge in [-0.15, -0.1) is 0 Å². The van der Waals surface area contributed by atoms with Gasteiger partial charge in [0.05, 0.1) is 11.4 Å². The Morgan fingerprint density at radius 3 is 1.46 bits per heavy atom. The Balaban J connectivity index is 1.53. The Labute approximate surface area is 159 Å². The van der Waals surface area contributed by atoms with E-state index >= 15 is 0 Å². The molecule has 0 spiro atoms. The van der Waals surface area contributed by atoms with Crippen molar-refractivity contribution in [1.29, 1.82) is 0 Å². The smallest absolute Gasteiger partial charge is 0.0547 e. The van der Waals surface area contributed by atoms with Crippen LogP contribution in [0.5, 0.6) is 0 Å². The van der Waals surface area contributed by atoms with E-state index in [0.717, 1.165) is 37.6 Å². The van der Waals surface area contributed by atoms with Crippen LogP contribution < -0.4 is 0 Å². The number of pyridine rings is 2. The van der Waals surface area contributed by atoms with Crippen molar-refractivity contribution < 1.29 is 0 Å². The van der Waals surface area contributed by atoms with E-state index in [1.54, 1.807) is 0 Å². The standard InChI is InChI=1S/C22H34N4/c1-19-11-9-13-21(23-19)17-25(3)15-7-5-6-8-16-26(4)18-22-14-10-12-20(2)24-22/h9-14H,5-8,15-18H2,1-4H3. The van der Waals surface area contributed by atoms with Crippen LogP contribution in [0.15, 0.2) is 36.4 Å². The molecule has 2 aromatic heterocycles. The number of rotatable bonds is 11. The molecule has 2 aromatic rings. The lowest BCUT2D eigenvalue weighted by Crippen LogP contribution is -2.21. The molecule has 0 bridgehead atoms. The predicted octanol–water partition coefficient (Wildman–Crippen LogP) is 4.22. The molecule has 0 N–H and O–H groups in total. The van der Waals surface area contributed by atoms with Gasteiger partial charge in [0.15, 0.2) is 0 Å². The summed E-state index contributed by atoms with van der Waals surface area (Å²) in [6, 6.07) is 12.5. The van der Waals surface area contributed by atoms with E-state index in [0.29, 0.717) is 0 Å². The highest BCUT2D eigenvalue weighted by Gasteiger charge is 2.03. The van der Waals surface area contributed by atoms with Crippen molar-refractivity contribution >= 4 is 0 Å². The third-order valence-electron chi connectivity index (χ3n) is 4.59. The minimum atomic E-state index is 0.938. The van der Waals surface area contributed by atoms with Crippen LogP contribution >= 0.6 is 0 Å². The molecule has 26 heavy (non-hydrogen) atoms. The first-order chi connectivity index (χ1) is 12.5. The van der Waals surface area contributed by atoms with Crippen LogP contribution in [0.4, 0.5) is 0 Å². The van der Waals surface area contributed by atoms with Crippen molar-refractivity contribution in [1.82, 2.24) is 19.8 Å². The number of hydrogen-bond donors (Lipinski definition) is 0. The normalized spacial score (nSPS) is 11.5. The van der Waals surface area contributed by atoms with Gasteiger partial charge in [0.2, 0.25) is 0 Å². The second-order valence-corrected chi connectivity index (χ2v) is 7.43. The molecule has 0 unspecified atom stereocenters. The van der Waals surface area contributed by atoms with Crippen molar-refractivity contribution in [3.05, 3.63) is 59.2 Å². The van der Waals surface area contributed by atoms with Gasteiger partial charge in [-0.3, -0.25) is 9.97 Å². The Morgan fingerprint density at radius 1 is 0.654 bits per heavy atom. The van der Waals surface area contributed by atoms with E-state index in [2.05, 4.69) is 84.1 Å². The fourth-order valence-electron chi connectivity index (χ4n) is 3.20. The van der Waals surface area contributed by atoms with Gasteiger partial charge in [0, 0.05) is 24.5 Å². The van der Waals surface area contributed by atoms with E-state index < -0.39 is 0 Å². The average molecular weight is 355 g/mol. The van der Waals surface area contributed by atoms with Crippen LogP contribution in [-0.4, -0.2) is 47.0 Å². The van der Waals surface area contributed by atoms with Crippen molar-refractivity contribution in [2.45, 2.75) is 52.6 Å². The van der Waals surface area contributed by atoms with Gasteiger partial charge in [0.25, 0.3) is 0 Å². The molecule has 2 heterocycles. The van der Waals surface area contributed by atoms with Crippen LogP contribution in [0, 0.1) is 13.8 Å². The van der Waals surface area contributed by atoms with E-state index in [-0.39, 0.29) is 0 Å². The third kappa shape index (κ3) is 8.07. The molecule has 0 saturated heterocycles. The average Bonchev–Trinajstić information content (AvgIpc) is 2.58. The zero-order valence-corrected chi connectivity index (χ0v) is 16.9. The largest absolute Gasteiger partial charge is 0.301 e. The minimum absolute atomic E-state index is 0.938. The number of aryl methyl sites for hydroxylation is 2. The molecule has 0 aliphatic heterocycles. The first-order valence-electron chi connectivity index (χ1n) is 9.75. The van der Waals surface area contributed by atoms with Gasteiger partial charge in [0.1, 0.15) is 0 Å². The first kappa shape index (κ1) is 20.5. The molecule has 4 heteroatoms. The monoisotopic (exact) mass is 354 g/mol. The molecule has 0 radical (unpaired) electrons. The molecule has 0 aliphatic carbocycles. The summed E-state index contributed by atoms with van der Waals surface area (Å²) in [6.07, 6.45) is 5.10. The van der Waals surface area contributed by atoms with Crippen molar-refractivity contribution in [3.63, 3.8) is 0 Å². The molecule has 142 valence electrons. The molecular weight excluding hydrogens is 320 g/mol. The second kappa shape index (κ2) is 11.0. The summed E-state index contributed by atoms with van der Waals surface area (Å²) < 4.78 is 0. The lowest BCUT2D eigenvalue weighted by Gasteiger charge is -2.17. The molecule has 4 nitrogen and oxygen atoms in total. The van der Waals surface area contributed by atoms with Gasteiger partial charge >= 0.3 is 0 Å². The van der Waals surface area contributed by atoms with Gasteiger partial charge in [-0.2, -0.15) is 0 Å². The maximum Gasteiger partial charge on any atom is 0.0547 e. The fraction of sp³-hybridized carbons (Fsp3) is 0.545. The van der Waals surface area contributed by atoms with Gasteiger partial charge in [-0.05, 0) is 78.1 Å². The third-order valence-corrected chi connectivity index (χ3v) is 4.59. The lowest BCUT2D eigenvalue weighted by atomic mass is 10.1. The van der Waals surface area contributed by atoms with E-state index in [4.69, 9.17) is 0 Å². The Bertz CT molecular complexity index is 599. The molecule has 0 aromatic carbocycles.